The topological polar surface area (TPSA) is 76.7 Å². The van der Waals surface area contributed by atoms with Crippen LogP contribution in [-0.4, -0.2) is 25.5 Å². The van der Waals surface area contributed by atoms with Gasteiger partial charge in [0.25, 0.3) is 0 Å². The van der Waals surface area contributed by atoms with E-state index in [1.54, 1.807) is 42.5 Å². The van der Waals surface area contributed by atoms with E-state index >= 15 is 0 Å². The van der Waals surface area contributed by atoms with Crippen molar-refractivity contribution in [1.82, 2.24) is 0 Å². The lowest BCUT2D eigenvalue weighted by atomic mass is 10.2. The number of carbonyl (C=O) groups excluding carboxylic acids is 2. The molecule has 0 heterocycles. The fourth-order valence-corrected chi connectivity index (χ4v) is 2.99. The molecule has 2 N–H and O–H groups in total. The first-order valence-corrected chi connectivity index (χ1v) is 9.07. The zero-order valence-electron chi connectivity index (χ0n) is 15.1. The molecular formula is C20H21ClN2O4. The maximum atomic E-state index is 12.4. The molecule has 0 bridgehead atoms. The predicted molar refractivity (Wildman–Crippen MR) is 104 cm³/mol. The van der Waals surface area contributed by atoms with E-state index in [1.165, 1.54) is 7.11 Å². The van der Waals surface area contributed by atoms with Gasteiger partial charge >= 0.3 is 0 Å². The Morgan fingerprint density at radius 1 is 1.07 bits per heavy atom. The summed E-state index contributed by atoms with van der Waals surface area (Å²) >= 11 is 5.97. The van der Waals surface area contributed by atoms with Crippen LogP contribution in [0.2, 0.25) is 5.02 Å². The van der Waals surface area contributed by atoms with E-state index < -0.39 is 0 Å². The van der Waals surface area contributed by atoms with Gasteiger partial charge in [-0.15, -0.1) is 0 Å². The van der Waals surface area contributed by atoms with E-state index in [4.69, 9.17) is 21.1 Å². The van der Waals surface area contributed by atoms with Crippen LogP contribution in [0.1, 0.15) is 13.3 Å². The summed E-state index contributed by atoms with van der Waals surface area (Å²) < 4.78 is 10.6. The van der Waals surface area contributed by atoms with Gasteiger partial charge in [-0.1, -0.05) is 11.6 Å². The zero-order chi connectivity index (χ0) is 19.4. The van der Waals surface area contributed by atoms with Crippen molar-refractivity contribution >= 4 is 34.8 Å². The summed E-state index contributed by atoms with van der Waals surface area (Å²) in [5.74, 6) is 0.163. The largest absolute Gasteiger partial charge is 0.495 e. The van der Waals surface area contributed by atoms with Crippen LogP contribution < -0.4 is 20.1 Å². The van der Waals surface area contributed by atoms with Crippen molar-refractivity contribution in [2.75, 3.05) is 24.4 Å². The van der Waals surface area contributed by atoms with E-state index in [2.05, 4.69) is 10.6 Å². The number of hydrogen-bond acceptors (Lipinski definition) is 4. The Bertz CT molecular complexity index is 838. The lowest BCUT2D eigenvalue weighted by molar-refractivity contribution is -0.122. The SMILES string of the molecule is CCOc1ccc(NC(=O)C2CC2C(=O)Nc2cc(Cl)ccc2OC)cc1. The van der Waals surface area contributed by atoms with E-state index in [0.29, 0.717) is 35.2 Å². The van der Waals surface area contributed by atoms with Gasteiger partial charge in [-0.3, -0.25) is 9.59 Å². The highest BCUT2D eigenvalue weighted by molar-refractivity contribution is 6.31. The molecule has 1 saturated carbocycles. The first kappa shape index (κ1) is 19.0. The number of carbonyl (C=O) groups is 2. The molecule has 0 aliphatic heterocycles. The molecule has 2 aromatic carbocycles. The molecule has 0 radical (unpaired) electrons. The number of halogens is 1. The van der Waals surface area contributed by atoms with Crippen molar-refractivity contribution in [2.24, 2.45) is 11.8 Å². The summed E-state index contributed by atoms with van der Waals surface area (Å²) in [6, 6.07) is 12.1. The summed E-state index contributed by atoms with van der Waals surface area (Å²) in [5.41, 5.74) is 1.17. The lowest BCUT2D eigenvalue weighted by Crippen LogP contribution is -2.20. The van der Waals surface area contributed by atoms with Gasteiger partial charge in [0.1, 0.15) is 11.5 Å². The van der Waals surface area contributed by atoms with Crippen molar-refractivity contribution in [3.05, 3.63) is 47.5 Å². The summed E-state index contributed by atoms with van der Waals surface area (Å²) in [7, 11) is 1.52. The average molecular weight is 389 g/mol. The zero-order valence-corrected chi connectivity index (χ0v) is 15.9. The molecule has 6 nitrogen and oxygen atoms in total. The van der Waals surface area contributed by atoms with Gasteiger partial charge in [0, 0.05) is 10.7 Å². The molecule has 27 heavy (non-hydrogen) atoms. The minimum absolute atomic E-state index is 0.169. The Hall–Kier alpha value is -2.73. The maximum absolute atomic E-state index is 12.4. The van der Waals surface area contributed by atoms with Crippen molar-refractivity contribution in [3.63, 3.8) is 0 Å². The summed E-state index contributed by atoms with van der Waals surface area (Å²) in [4.78, 5) is 24.8. The van der Waals surface area contributed by atoms with Crippen LogP contribution in [0, 0.1) is 11.8 Å². The molecule has 2 unspecified atom stereocenters. The summed E-state index contributed by atoms with van der Waals surface area (Å²) in [6.07, 6.45) is 0.511. The average Bonchev–Trinajstić information content (AvgIpc) is 3.45. The van der Waals surface area contributed by atoms with Gasteiger partial charge in [0.15, 0.2) is 0 Å². The second kappa shape index (κ2) is 8.31. The van der Waals surface area contributed by atoms with Crippen molar-refractivity contribution in [2.45, 2.75) is 13.3 Å². The molecule has 0 spiro atoms. The molecule has 2 amide bonds. The number of benzene rings is 2. The number of nitrogens with one attached hydrogen (secondary N) is 2. The summed E-state index contributed by atoms with van der Waals surface area (Å²) in [6.45, 7) is 2.49. The molecule has 1 aliphatic carbocycles. The van der Waals surface area contributed by atoms with Crippen molar-refractivity contribution < 1.29 is 19.1 Å². The highest BCUT2D eigenvalue weighted by atomic mass is 35.5. The Labute approximate surface area is 162 Å². The molecule has 2 aromatic rings. The first-order chi connectivity index (χ1) is 13.0. The quantitative estimate of drug-likeness (QED) is 0.752. The van der Waals surface area contributed by atoms with Gasteiger partial charge < -0.3 is 20.1 Å². The molecule has 3 rings (SSSR count). The lowest BCUT2D eigenvalue weighted by Gasteiger charge is -2.10. The van der Waals surface area contributed by atoms with Crippen LogP contribution in [-0.2, 0) is 9.59 Å². The molecule has 1 aliphatic rings. The number of anilines is 2. The molecule has 142 valence electrons. The van der Waals surface area contributed by atoms with Gasteiger partial charge in [0.2, 0.25) is 11.8 Å². The maximum Gasteiger partial charge on any atom is 0.228 e. The Morgan fingerprint density at radius 2 is 1.74 bits per heavy atom. The van der Waals surface area contributed by atoms with Crippen molar-refractivity contribution in [1.29, 1.82) is 0 Å². The van der Waals surface area contributed by atoms with Crippen molar-refractivity contribution in [3.8, 4) is 11.5 Å². The normalized spacial score (nSPS) is 17.7. The predicted octanol–water partition coefficient (Wildman–Crippen LogP) is 3.96. The number of ether oxygens (including phenoxy) is 2. The van der Waals surface area contributed by atoms with E-state index in [-0.39, 0.29) is 23.7 Å². The van der Waals surface area contributed by atoms with Crippen LogP contribution in [0.15, 0.2) is 42.5 Å². The van der Waals surface area contributed by atoms with E-state index in [9.17, 15) is 9.59 Å². The minimum atomic E-state index is -0.364. The minimum Gasteiger partial charge on any atom is -0.495 e. The molecule has 2 atom stereocenters. The highest BCUT2D eigenvalue weighted by Gasteiger charge is 2.48. The molecule has 1 fully saturated rings. The number of methoxy groups -OCH3 is 1. The van der Waals surface area contributed by atoms with Gasteiger partial charge in [-0.2, -0.15) is 0 Å². The van der Waals surface area contributed by atoms with Crippen LogP contribution in [0.4, 0.5) is 11.4 Å². The summed E-state index contributed by atoms with van der Waals surface area (Å²) in [5, 5.41) is 6.12. The fourth-order valence-electron chi connectivity index (χ4n) is 2.81. The molecule has 0 saturated heterocycles. The second-order valence-electron chi connectivity index (χ2n) is 6.23. The number of rotatable bonds is 7. The number of amides is 2. The Morgan fingerprint density at radius 3 is 2.37 bits per heavy atom. The Kier molecular flexibility index (Phi) is 5.86. The van der Waals surface area contributed by atoms with Crippen LogP contribution in [0.3, 0.4) is 0 Å². The molecule has 0 aromatic heterocycles. The standard InChI is InChI=1S/C20H21ClN2O4/c1-3-27-14-7-5-13(6-8-14)22-19(24)15-11-16(15)20(25)23-17-10-12(21)4-9-18(17)26-2/h4-10,15-16H,3,11H2,1-2H3,(H,22,24)(H,23,25). The fraction of sp³-hybridized carbons (Fsp3) is 0.300. The van der Waals surface area contributed by atoms with E-state index in [1.807, 2.05) is 6.92 Å². The van der Waals surface area contributed by atoms with Gasteiger partial charge in [0.05, 0.1) is 31.2 Å². The molecule has 7 heteroatoms. The number of hydrogen-bond donors (Lipinski definition) is 2. The third-order valence-electron chi connectivity index (χ3n) is 4.32. The highest BCUT2D eigenvalue weighted by Crippen LogP contribution is 2.41. The third kappa shape index (κ3) is 4.71. The van der Waals surface area contributed by atoms with Crippen LogP contribution >= 0.6 is 11.6 Å². The van der Waals surface area contributed by atoms with Crippen LogP contribution in [0.5, 0.6) is 11.5 Å². The second-order valence-corrected chi connectivity index (χ2v) is 6.67. The molecular weight excluding hydrogens is 368 g/mol. The first-order valence-electron chi connectivity index (χ1n) is 8.70. The van der Waals surface area contributed by atoms with Gasteiger partial charge in [-0.25, -0.2) is 0 Å². The van der Waals surface area contributed by atoms with Crippen LogP contribution in [0.25, 0.3) is 0 Å². The third-order valence-corrected chi connectivity index (χ3v) is 4.55. The smallest absolute Gasteiger partial charge is 0.228 e. The monoisotopic (exact) mass is 388 g/mol. The Balaban J connectivity index is 1.56. The van der Waals surface area contributed by atoms with E-state index in [0.717, 1.165) is 5.75 Å². The van der Waals surface area contributed by atoms with Gasteiger partial charge in [-0.05, 0) is 55.8 Å².